The van der Waals surface area contributed by atoms with Crippen LogP contribution in [-0.2, 0) is 27.8 Å². The average molecular weight is 385 g/mol. The molecule has 0 radical (unpaired) electrons. The summed E-state index contributed by atoms with van der Waals surface area (Å²) in [6.45, 7) is 3.21. The van der Waals surface area contributed by atoms with Crippen LogP contribution in [0.2, 0.25) is 0 Å². The van der Waals surface area contributed by atoms with Gasteiger partial charge in [0, 0.05) is 45.5 Å². The Labute approximate surface area is 160 Å². The maximum Gasteiger partial charge on any atom is 0.243 e. The molecular formula is C20H23N3O3S. The number of carbonyl (C=O) groups excluding carboxylic acids is 1. The smallest absolute Gasteiger partial charge is 0.243 e. The lowest BCUT2D eigenvalue weighted by atomic mass is 10.2. The van der Waals surface area contributed by atoms with Crippen molar-refractivity contribution in [2.24, 2.45) is 0 Å². The maximum atomic E-state index is 13.0. The third-order valence-electron chi connectivity index (χ3n) is 5.35. The van der Waals surface area contributed by atoms with E-state index in [0.29, 0.717) is 26.2 Å². The molecular weight excluding hydrogens is 362 g/mol. The molecule has 142 valence electrons. The predicted molar refractivity (Wildman–Crippen MR) is 104 cm³/mol. The van der Waals surface area contributed by atoms with Gasteiger partial charge in [-0.3, -0.25) is 9.69 Å². The first-order valence-electron chi connectivity index (χ1n) is 9.11. The van der Waals surface area contributed by atoms with Crippen molar-refractivity contribution < 1.29 is 13.2 Å². The number of carbonyl (C=O) groups is 1. The number of piperazine rings is 1. The second kappa shape index (κ2) is 7.07. The third-order valence-corrected chi connectivity index (χ3v) is 7.24. The molecule has 0 unspecified atom stereocenters. The molecule has 0 bridgehead atoms. The lowest BCUT2D eigenvalue weighted by Crippen LogP contribution is -2.48. The van der Waals surface area contributed by atoms with Gasteiger partial charge in [0.2, 0.25) is 15.9 Å². The molecule has 27 heavy (non-hydrogen) atoms. The zero-order chi connectivity index (χ0) is 19.0. The second-order valence-electron chi connectivity index (χ2n) is 7.09. The molecule has 1 saturated heterocycles. The summed E-state index contributed by atoms with van der Waals surface area (Å²) in [7, 11) is -1.82. The van der Waals surface area contributed by atoms with Crippen molar-refractivity contribution in [2.75, 3.05) is 38.1 Å². The highest BCUT2D eigenvalue weighted by Gasteiger charge is 2.31. The van der Waals surface area contributed by atoms with E-state index in [-0.39, 0.29) is 17.2 Å². The van der Waals surface area contributed by atoms with E-state index in [1.807, 2.05) is 18.2 Å². The molecule has 2 heterocycles. The Morgan fingerprint density at radius 2 is 1.67 bits per heavy atom. The van der Waals surface area contributed by atoms with Gasteiger partial charge in [0.15, 0.2) is 0 Å². The Morgan fingerprint density at radius 3 is 2.37 bits per heavy atom. The van der Waals surface area contributed by atoms with Gasteiger partial charge in [-0.05, 0) is 29.3 Å². The van der Waals surface area contributed by atoms with Gasteiger partial charge in [-0.15, -0.1) is 0 Å². The second-order valence-corrected chi connectivity index (χ2v) is 9.02. The van der Waals surface area contributed by atoms with Crippen molar-refractivity contribution in [3.63, 3.8) is 0 Å². The summed E-state index contributed by atoms with van der Waals surface area (Å²) < 4.78 is 27.6. The Kier molecular flexibility index (Phi) is 4.75. The summed E-state index contributed by atoms with van der Waals surface area (Å²) in [5.41, 5.74) is 2.82. The fraction of sp³-hybridized carbons (Fsp3) is 0.350. The van der Waals surface area contributed by atoms with Gasteiger partial charge in [-0.2, -0.15) is 4.31 Å². The Morgan fingerprint density at radius 1 is 0.963 bits per heavy atom. The molecule has 1 fully saturated rings. The maximum absolute atomic E-state index is 13.0. The van der Waals surface area contributed by atoms with Crippen LogP contribution in [0.5, 0.6) is 0 Å². The highest BCUT2D eigenvalue weighted by molar-refractivity contribution is 7.89. The minimum Gasteiger partial charge on any atom is -0.315 e. The zero-order valence-corrected chi connectivity index (χ0v) is 16.2. The zero-order valence-electron chi connectivity index (χ0n) is 15.3. The van der Waals surface area contributed by atoms with Crippen molar-refractivity contribution in [1.29, 1.82) is 0 Å². The minimum absolute atomic E-state index is 0.00549. The van der Waals surface area contributed by atoms with Gasteiger partial charge < -0.3 is 4.90 Å². The number of hydrogen-bond acceptors (Lipinski definition) is 4. The summed E-state index contributed by atoms with van der Waals surface area (Å²) in [4.78, 5) is 16.0. The van der Waals surface area contributed by atoms with E-state index in [0.717, 1.165) is 17.8 Å². The molecule has 2 aromatic carbocycles. The van der Waals surface area contributed by atoms with Gasteiger partial charge in [-0.25, -0.2) is 8.42 Å². The van der Waals surface area contributed by atoms with Crippen LogP contribution in [0, 0.1) is 0 Å². The van der Waals surface area contributed by atoms with Crippen LogP contribution in [0.3, 0.4) is 0 Å². The van der Waals surface area contributed by atoms with Crippen LogP contribution in [0.4, 0.5) is 5.69 Å². The number of sulfonamides is 1. The van der Waals surface area contributed by atoms with Gasteiger partial charge in [0.1, 0.15) is 0 Å². The molecule has 1 amide bonds. The first kappa shape index (κ1) is 18.2. The molecule has 0 atom stereocenters. The molecule has 2 aliphatic heterocycles. The Hall–Kier alpha value is -2.22. The van der Waals surface area contributed by atoms with Crippen molar-refractivity contribution in [3.8, 4) is 0 Å². The number of anilines is 1. The summed E-state index contributed by atoms with van der Waals surface area (Å²) in [6, 6.07) is 15.2. The molecule has 0 aromatic heterocycles. The van der Waals surface area contributed by atoms with Crippen LogP contribution in [-0.4, -0.2) is 56.8 Å². The number of likely N-dealkylation sites (N-methyl/N-ethyl adjacent to an activating group) is 1. The van der Waals surface area contributed by atoms with Gasteiger partial charge >= 0.3 is 0 Å². The van der Waals surface area contributed by atoms with E-state index in [2.05, 4.69) is 17.0 Å². The lowest BCUT2D eigenvalue weighted by Gasteiger charge is -2.34. The number of amides is 1. The molecule has 0 N–H and O–H groups in total. The summed E-state index contributed by atoms with van der Waals surface area (Å²) in [6.07, 6.45) is 0.264. The van der Waals surface area contributed by atoms with Gasteiger partial charge in [0.05, 0.1) is 11.3 Å². The van der Waals surface area contributed by atoms with Crippen LogP contribution in [0.15, 0.2) is 53.4 Å². The standard InChI is InChI=1S/C20H23N3O3S/c1-21-19-8-7-18(13-17(19)14-20(21)24)27(25,26)23-11-9-22(10-12-23)15-16-5-3-2-4-6-16/h2-8,13H,9-12,14-15H2,1H3. The lowest BCUT2D eigenvalue weighted by molar-refractivity contribution is -0.117. The largest absolute Gasteiger partial charge is 0.315 e. The van der Waals surface area contributed by atoms with Crippen LogP contribution >= 0.6 is 0 Å². The fourth-order valence-electron chi connectivity index (χ4n) is 3.73. The molecule has 0 spiro atoms. The SMILES string of the molecule is CN1C(=O)Cc2cc(S(=O)(=O)N3CCN(Cc4ccccc4)CC3)ccc21. The Balaban J connectivity index is 1.45. The van der Waals surface area contributed by atoms with E-state index in [9.17, 15) is 13.2 Å². The highest BCUT2D eigenvalue weighted by atomic mass is 32.2. The fourth-order valence-corrected chi connectivity index (χ4v) is 5.20. The molecule has 6 nitrogen and oxygen atoms in total. The number of nitrogens with zero attached hydrogens (tertiary/aromatic N) is 3. The molecule has 4 rings (SSSR count). The van der Waals surface area contributed by atoms with E-state index in [1.54, 1.807) is 34.5 Å². The molecule has 7 heteroatoms. The van der Waals surface area contributed by atoms with Crippen molar-refractivity contribution in [1.82, 2.24) is 9.21 Å². The summed E-state index contributed by atoms with van der Waals surface area (Å²) in [5, 5.41) is 0. The molecule has 2 aromatic rings. The van der Waals surface area contributed by atoms with Crippen molar-refractivity contribution in [2.45, 2.75) is 17.9 Å². The van der Waals surface area contributed by atoms with Crippen molar-refractivity contribution in [3.05, 3.63) is 59.7 Å². The third kappa shape index (κ3) is 3.50. The summed E-state index contributed by atoms with van der Waals surface area (Å²) >= 11 is 0. The minimum atomic E-state index is -3.54. The van der Waals surface area contributed by atoms with Crippen LogP contribution in [0.1, 0.15) is 11.1 Å². The summed E-state index contributed by atoms with van der Waals surface area (Å²) in [5.74, 6) is -0.00549. The first-order valence-corrected chi connectivity index (χ1v) is 10.5. The quantitative estimate of drug-likeness (QED) is 0.804. The van der Waals surface area contributed by atoms with E-state index in [1.165, 1.54) is 5.56 Å². The average Bonchev–Trinajstić information content (AvgIpc) is 2.96. The van der Waals surface area contributed by atoms with Crippen molar-refractivity contribution >= 4 is 21.6 Å². The molecule has 0 aliphatic carbocycles. The van der Waals surface area contributed by atoms with Crippen LogP contribution in [0.25, 0.3) is 0 Å². The molecule has 0 saturated carbocycles. The molecule has 2 aliphatic rings. The van der Waals surface area contributed by atoms with E-state index in [4.69, 9.17) is 0 Å². The predicted octanol–water partition coefficient (Wildman–Crippen LogP) is 1.71. The van der Waals surface area contributed by atoms with E-state index < -0.39 is 10.0 Å². The number of benzene rings is 2. The van der Waals surface area contributed by atoms with Gasteiger partial charge in [-0.1, -0.05) is 30.3 Å². The Bertz CT molecular complexity index is 952. The van der Waals surface area contributed by atoms with Crippen LogP contribution < -0.4 is 4.90 Å². The highest BCUT2D eigenvalue weighted by Crippen LogP contribution is 2.31. The number of rotatable bonds is 4. The normalized spacial score (nSPS) is 18.7. The number of hydrogen-bond donors (Lipinski definition) is 0. The monoisotopic (exact) mass is 385 g/mol. The first-order chi connectivity index (χ1) is 12.9. The van der Waals surface area contributed by atoms with E-state index >= 15 is 0 Å². The van der Waals surface area contributed by atoms with Gasteiger partial charge in [0.25, 0.3) is 0 Å². The number of fused-ring (bicyclic) bond motifs is 1. The topological polar surface area (TPSA) is 60.9 Å².